The third-order valence-electron chi connectivity index (χ3n) is 1.76. The van der Waals surface area contributed by atoms with E-state index in [2.05, 4.69) is 41.3 Å². The minimum atomic E-state index is 0.586. The maximum atomic E-state index is 3.39. The zero-order valence-corrected chi connectivity index (χ0v) is 9.16. The average Bonchev–Trinajstić information content (AvgIpc) is 2.55. The first kappa shape index (κ1) is 10.7. The maximum absolute atomic E-state index is 3.39. The minimum Gasteiger partial charge on any atom is -0.313 e. The van der Waals surface area contributed by atoms with Crippen LogP contribution in [0.2, 0.25) is 0 Å². The fourth-order valence-electron chi connectivity index (χ4n) is 1.08. The Balaban J connectivity index is 1.96. The summed E-state index contributed by atoms with van der Waals surface area (Å²) >= 11 is 1.75. The fraction of sp³-hybridized carbons (Fsp3) is 0.600. The van der Waals surface area contributed by atoms with E-state index in [1.54, 1.807) is 11.3 Å². The first-order valence-corrected chi connectivity index (χ1v) is 5.68. The molecule has 13 heavy (non-hydrogen) atoms. The van der Waals surface area contributed by atoms with Crippen LogP contribution >= 0.6 is 11.3 Å². The van der Waals surface area contributed by atoms with Gasteiger partial charge in [-0.05, 0) is 22.4 Å². The van der Waals surface area contributed by atoms with Crippen LogP contribution in [0.3, 0.4) is 0 Å². The number of hydrogen-bond acceptors (Lipinski definition) is 3. The summed E-state index contributed by atoms with van der Waals surface area (Å²) < 4.78 is 0. The first-order chi connectivity index (χ1) is 6.29. The molecular formula is C10H18N2S. The molecule has 3 heteroatoms. The second-order valence-corrected chi connectivity index (χ2v) is 4.20. The van der Waals surface area contributed by atoms with Gasteiger partial charge in [0.05, 0.1) is 0 Å². The van der Waals surface area contributed by atoms with Gasteiger partial charge in [0.25, 0.3) is 0 Å². The molecular weight excluding hydrogens is 180 g/mol. The highest BCUT2D eigenvalue weighted by atomic mass is 32.1. The summed E-state index contributed by atoms with van der Waals surface area (Å²) in [5.74, 6) is 0. The van der Waals surface area contributed by atoms with Crippen LogP contribution in [0.25, 0.3) is 0 Å². The number of hydrogen-bond donors (Lipinski definition) is 2. The van der Waals surface area contributed by atoms with Crippen molar-refractivity contribution in [2.45, 2.75) is 26.4 Å². The highest BCUT2D eigenvalue weighted by Gasteiger charge is 1.93. The Bertz CT molecular complexity index is 207. The van der Waals surface area contributed by atoms with Gasteiger partial charge in [-0.25, -0.2) is 0 Å². The van der Waals surface area contributed by atoms with E-state index in [-0.39, 0.29) is 0 Å². The fourth-order valence-corrected chi connectivity index (χ4v) is 1.74. The summed E-state index contributed by atoms with van der Waals surface area (Å²) in [4.78, 5) is 0. The van der Waals surface area contributed by atoms with Crippen molar-refractivity contribution in [1.82, 2.24) is 10.6 Å². The zero-order chi connectivity index (χ0) is 9.52. The lowest BCUT2D eigenvalue weighted by Crippen LogP contribution is -2.31. The van der Waals surface area contributed by atoms with Crippen molar-refractivity contribution in [3.8, 4) is 0 Å². The third-order valence-corrected chi connectivity index (χ3v) is 2.50. The summed E-state index contributed by atoms with van der Waals surface area (Å²) in [6.45, 7) is 7.40. The maximum Gasteiger partial charge on any atom is 0.0214 e. The molecule has 0 aliphatic carbocycles. The number of rotatable bonds is 6. The van der Waals surface area contributed by atoms with Crippen molar-refractivity contribution in [1.29, 1.82) is 0 Å². The van der Waals surface area contributed by atoms with E-state index in [9.17, 15) is 0 Å². The van der Waals surface area contributed by atoms with Gasteiger partial charge in [-0.3, -0.25) is 0 Å². The van der Waals surface area contributed by atoms with Crippen molar-refractivity contribution in [3.63, 3.8) is 0 Å². The molecule has 0 spiro atoms. The van der Waals surface area contributed by atoms with E-state index >= 15 is 0 Å². The van der Waals surface area contributed by atoms with E-state index in [1.807, 2.05) is 0 Å². The van der Waals surface area contributed by atoms with Crippen molar-refractivity contribution in [2.75, 3.05) is 13.1 Å². The molecule has 0 saturated heterocycles. The minimum absolute atomic E-state index is 0.586. The second-order valence-electron chi connectivity index (χ2n) is 3.42. The van der Waals surface area contributed by atoms with Crippen LogP contribution in [-0.4, -0.2) is 19.1 Å². The predicted octanol–water partition coefficient (Wildman–Crippen LogP) is 1.84. The molecule has 74 valence electrons. The Kier molecular flexibility index (Phi) is 5.05. The molecule has 0 atom stereocenters. The van der Waals surface area contributed by atoms with Crippen molar-refractivity contribution in [2.24, 2.45) is 0 Å². The Morgan fingerprint density at radius 2 is 2.23 bits per heavy atom. The highest BCUT2D eigenvalue weighted by Crippen LogP contribution is 2.04. The highest BCUT2D eigenvalue weighted by molar-refractivity contribution is 7.07. The lowest BCUT2D eigenvalue weighted by Gasteiger charge is -2.08. The molecule has 0 aromatic carbocycles. The lowest BCUT2D eigenvalue weighted by atomic mass is 10.3. The van der Waals surface area contributed by atoms with Gasteiger partial charge in [0.1, 0.15) is 0 Å². The van der Waals surface area contributed by atoms with Gasteiger partial charge in [-0.2, -0.15) is 11.3 Å². The summed E-state index contributed by atoms with van der Waals surface area (Å²) in [6.07, 6.45) is 0. The molecule has 1 aromatic rings. The topological polar surface area (TPSA) is 24.1 Å². The summed E-state index contributed by atoms with van der Waals surface area (Å²) in [6, 6.07) is 2.75. The molecule has 1 heterocycles. The molecule has 0 saturated carbocycles. The van der Waals surface area contributed by atoms with Crippen LogP contribution in [0, 0.1) is 0 Å². The van der Waals surface area contributed by atoms with E-state index in [0.717, 1.165) is 19.6 Å². The zero-order valence-electron chi connectivity index (χ0n) is 8.34. The second kappa shape index (κ2) is 6.13. The van der Waals surface area contributed by atoms with Crippen LogP contribution in [0.5, 0.6) is 0 Å². The van der Waals surface area contributed by atoms with Gasteiger partial charge in [0, 0.05) is 25.7 Å². The molecule has 0 radical (unpaired) electrons. The molecule has 1 rings (SSSR count). The molecule has 0 aliphatic rings. The normalized spacial score (nSPS) is 11.0. The number of nitrogens with one attached hydrogen (secondary N) is 2. The van der Waals surface area contributed by atoms with Gasteiger partial charge < -0.3 is 10.6 Å². The molecule has 0 aliphatic heterocycles. The SMILES string of the molecule is CC(C)NCCNCc1ccsc1. The quantitative estimate of drug-likeness (QED) is 0.682. The first-order valence-electron chi connectivity index (χ1n) is 4.74. The Labute approximate surface area is 84.4 Å². The lowest BCUT2D eigenvalue weighted by molar-refractivity contribution is 0.556. The average molecular weight is 198 g/mol. The standard InChI is InChI=1S/C10H18N2S/c1-9(2)12-5-4-11-7-10-3-6-13-8-10/h3,6,8-9,11-12H,4-5,7H2,1-2H3. The largest absolute Gasteiger partial charge is 0.313 e. The molecule has 2 nitrogen and oxygen atoms in total. The van der Waals surface area contributed by atoms with Crippen molar-refractivity contribution in [3.05, 3.63) is 22.4 Å². The van der Waals surface area contributed by atoms with Gasteiger partial charge in [0.2, 0.25) is 0 Å². The Morgan fingerprint density at radius 1 is 1.38 bits per heavy atom. The van der Waals surface area contributed by atoms with E-state index in [0.29, 0.717) is 6.04 Å². The summed E-state index contributed by atoms with van der Waals surface area (Å²) in [5.41, 5.74) is 1.38. The molecule has 1 aromatic heterocycles. The van der Waals surface area contributed by atoms with E-state index < -0.39 is 0 Å². The molecule has 0 amide bonds. The van der Waals surface area contributed by atoms with Crippen LogP contribution in [0.15, 0.2) is 16.8 Å². The molecule has 0 unspecified atom stereocenters. The monoisotopic (exact) mass is 198 g/mol. The Hall–Kier alpha value is -0.380. The summed E-state index contributed by atoms with van der Waals surface area (Å²) in [7, 11) is 0. The van der Waals surface area contributed by atoms with Gasteiger partial charge in [-0.15, -0.1) is 0 Å². The van der Waals surface area contributed by atoms with E-state index in [4.69, 9.17) is 0 Å². The van der Waals surface area contributed by atoms with Crippen LogP contribution in [0.1, 0.15) is 19.4 Å². The molecule has 0 bridgehead atoms. The van der Waals surface area contributed by atoms with E-state index in [1.165, 1.54) is 5.56 Å². The Morgan fingerprint density at radius 3 is 2.85 bits per heavy atom. The van der Waals surface area contributed by atoms with Crippen LogP contribution < -0.4 is 10.6 Å². The van der Waals surface area contributed by atoms with Crippen molar-refractivity contribution >= 4 is 11.3 Å². The summed E-state index contributed by atoms with van der Waals surface area (Å²) in [5, 5.41) is 11.1. The van der Waals surface area contributed by atoms with Crippen molar-refractivity contribution < 1.29 is 0 Å². The van der Waals surface area contributed by atoms with Gasteiger partial charge in [0.15, 0.2) is 0 Å². The smallest absolute Gasteiger partial charge is 0.0214 e. The predicted molar refractivity (Wildman–Crippen MR) is 59.2 cm³/mol. The van der Waals surface area contributed by atoms with Crippen LogP contribution in [0.4, 0.5) is 0 Å². The van der Waals surface area contributed by atoms with Gasteiger partial charge >= 0.3 is 0 Å². The number of thiophene rings is 1. The van der Waals surface area contributed by atoms with Gasteiger partial charge in [-0.1, -0.05) is 13.8 Å². The van der Waals surface area contributed by atoms with Crippen LogP contribution in [-0.2, 0) is 6.54 Å². The molecule has 0 fully saturated rings. The third kappa shape index (κ3) is 5.03. The molecule has 2 N–H and O–H groups in total.